The molecule has 5 nitrogen and oxygen atoms in total. The maximum absolute atomic E-state index is 13.6. The van der Waals surface area contributed by atoms with Gasteiger partial charge in [0.2, 0.25) is 0 Å². The average molecular weight is 270 g/mol. The average Bonchev–Trinajstić information content (AvgIpc) is 2.39. The summed E-state index contributed by atoms with van der Waals surface area (Å²) in [5, 5.41) is 7.20. The van der Waals surface area contributed by atoms with Gasteiger partial charge in [0, 0.05) is 18.2 Å². The first-order valence-electron chi connectivity index (χ1n) is 5.92. The van der Waals surface area contributed by atoms with Crippen LogP contribution < -0.4 is 5.73 Å². The highest BCUT2D eigenvalue weighted by Gasteiger charge is 2.05. The number of hydrogen-bond acceptors (Lipinski definition) is 4. The smallest absolute Gasteiger partial charge is 0.129 e. The lowest BCUT2D eigenvalue weighted by Crippen LogP contribution is -2.12. The zero-order valence-electron chi connectivity index (χ0n) is 10.9. The first-order valence-corrected chi connectivity index (χ1v) is 5.92. The van der Waals surface area contributed by atoms with Gasteiger partial charge in [-0.2, -0.15) is 0 Å². The fourth-order valence-corrected chi connectivity index (χ4v) is 1.38. The van der Waals surface area contributed by atoms with Gasteiger partial charge in [-0.25, -0.2) is 4.39 Å². The lowest BCUT2D eigenvalue weighted by molar-refractivity contribution is 0.0194. The Labute approximate surface area is 112 Å². The van der Waals surface area contributed by atoms with Gasteiger partial charge in [0.05, 0.1) is 33.0 Å². The topological polar surface area (TPSA) is 77.6 Å². The minimum absolute atomic E-state index is 0.155. The van der Waals surface area contributed by atoms with Crippen LogP contribution >= 0.6 is 0 Å². The predicted molar refractivity (Wildman–Crippen MR) is 69.8 cm³/mol. The molecular weight excluding hydrogens is 251 g/mol. The van der Waals surface area contributed by atoms with Crippen LogP contribution in [-0.2, 0) is 20.8 Å². The number of nitrogen functional groups attached to an aromatic ring is 1. The summed E-state index contributed by atoms with van der Waals surface area (Å²) >= 11 is 0. The minimum Gasteiger partial charge on any atom is -0.384 e. The fourth-order valence-electron chi connectivity index (χ4n) is 1.38. The molecule has 0 fully saturated rings. The molecule has 1 aromatic rings. The number of nitrogens with two attached hydrogens (primary N) is 1. The Morgan fingerprint density at radius 1 is 1.21 bits per heavy atom. The Kier molecular flexibility index (Phi) is 7.02. The Hall–Kier alpha value is -1.50. The van der Waals surface area contributed by atoms with Crippen LogP contribution in [0.5, 0.6) is 0 Å². The summed E-state index contributed by atoms with van der Waals surface area (Å²) in [6, 6.07) is 4.40. The van der Waals surface area contributed by atoms with Crippen LogP contribution in [0.2, 0.25) is 0 Å². The van der Waals surface area contributed by atoms with Crippen LogP contribution in [0, 0.1) is 11.2 Å². The van der Waals surface area contributed by atoms with E-state index in [-0.39, 0.29) is 12.4 Å². The molecule has 1 aromatic carbocycles. The second kappa shape index (κ2) is 8.58. The first kappa shape index (κ1) is 15.6. The van der Waals surface area contributed by atoms with Gasteiger partial charge < -0.3 is 19.9 Å². The molecule has 106 valence electrons. The van der Waals surface area contributed by atoms with Crippen molar-refractivity contribution in [3.63, 3.8) is 0 Å². The molecule has 0 amide bonds. The molecule has 19 heavy (non-hydrogen) atoms. The molecule has 1 rings (SSSR count). The van der Waals surface area contributed by atoms with E-state index >= 15 is 0 Å². The van der Waals surface area contributed by atoms with E-state index in [2.05, 4.69) is 0 Å². The van der Waals surface area contributed by atoms with Crippen molar-refractivity contribution in [2.45, 2.75) is 6.61 Å². The zero-order valence-corrected chi connectivity index (χ0v) is 10.9. The fraction of sp³-hybridized carbons (Fsp3) is 0.462. The van der Waals surface area contributed by atoms with Crippen molar-refractivity contribution >= 4 is 5.84 Å². The van der Waals surface area contributed by atoms with Crippen LogP contribution in [0.3, 0.4) is 0 Å². The molecule has 0 aromatic heterocycles. The molecule has 0 spiro atoms. The molecule has 0 radical (unpaired) electrons. The molecule has 0 aliphatic carbocycles. The zero-order chi connectivity index (χ0) is 14.1. The lowest BCUT2D eigenvalue weighted by Gasteiger charge is -2.07. The summed E-state index contributed by atoms with van der Waals surface area (Å²) < 4.78 is 28.9. The van der Waals surface area contributed by atoms with Gasteiger partial charge >= 0.3 is 0 Å². The molecule has 0 saturated carbocycles. The number of methoxy groups -OCH3 is 1. The van der Waals surface area contributed by atoms with E-state index in [0.717, 1.165) is 0 Å². The summed E-state index contributed by atoms with van der Waals surface area (Å²) in [6.45, 7) is 2.05. The summed E-state index contributed by atoms with van der Waals surface area (Å²) in [5.74, 6) is -0.578. The third-order valence-corrected chi connectivity index (χ3v) is 2.43. The van der Waals surface area contributed by atoms with Crippen molar-refractivity contribution in [1.29, 1.82) is 5.41 Å². The van der Waals surface area contributed by atoms with E-state index < -0.39 is 5.82 Å². The molecule has 0 unspecified atom stereocenters. The largest absolute Gasteiger partial charge is 0.384 e. The van der Waals surface area contributed by atoms with Crippen LogP contribution in [0.15, 0.2) is 18.2 Å². The van der Waals surface area contributed by atoms with Crippen molar-refractivity contribution in [2.75, 3.05) is 33.5 Å². The van der Waals surface area contributed by atoms with Gasteiger partial charge in [0.25, 0.3) is 0 Å². The molecule has 0 saturated heterocycles. The maximum atomic E-state index is 13.6. The van der Waals surface area contributed by atoms with Gasteiger partial charge in [-0.3, -0.25) is 5.41 Å². The van der Waals surface area contributed by atoms with Crippen molar-refractivity contribution in [1.82, 2.24) is 0 Å². The molecular formula is C13H19FN2O3. The number of benzene rings is 1. The number of ether oxygens (including phenoxy) is 3. The third kappa shape index (κ3) is 5.78. The summed E-state index contributed by atoms with van der Waals surface area (Å²) in [4.78, 5) is 0. The van der Waals surface area contributed by atoms with E-state index in [9.17, 15) is 4.39 Å². The van der Waals surface area contributed by atoms with E-state index in [0.29, 0.717) is 37.6 Å². The van der Waals surface area contributed by atoms with Crippen LogP contribution in [0.4, 0.5) is 4.39 Å². The number of rotatable bonds is 9. The molecule has 0 aliphatic rings. The highest BCUT2D eigenvalue weighted by atomic mass is 19.1. The Balaban J connectivity index is 2.28. The van der Waals surface area contributed by atoms with Gasteiger partial charge in [-0.1, -0.05) is 12.1 Å². The lowest BCUT2D eigenvalue weighted by atomic mass is 10.1. The van der Waals surface area contributed by atoms with E-state index in [4.69, 9.17) is 25.4 Å². The van der Waals surface area contributed by atoms with Gasteiger partial charge in [-0.05, 0) is 6.07 Å². The molecule has 0 heterocycles. The van der Waals surface area contributed by atoms with Crippen molar-refractivity contribution < 1.29 is 18.6 Å². The van der Waals surface area contributed by atoms with Crippen LogP contribution in [0.25, 0.3) is 0 Å². The normalized spacial score (nSPS) is 10.6. The Morgan fingerprint density at radius 3 is 2.53 bits per heavy atom. The van der Waals surface area contributed by atoms with Gasteiger partial charge in [0.1, 0.15) is 11.7 Å². The second-order valence-corrected chi connectivity index (χ2v) is 3.88. The van der Waals surface area contributed by atoms with Crippen LogP contribution in [-0.4, -0.2) is 39.4 Å². The predicted octanol–water partition coefficient (Wildman–Crippen LogP) is 1.29. The summed E-state index contributed by atoms with van der Waals surface area (Å²) in [6.07, 6.45) is 0. The highest BCUT2D eigenvalue weighted by molar-refractivity contribution is 5.94. The highest BCUT2D eigenvalue weighted by Crippen LogP contribution is 2.11. The standard InChI is InChI=1S/C13H19FN2O3/c1-17-4-5-18-6-7-19-9-11-3-2-10(13(15)16)8-12(11)14/h2-3,8H,4-7,9H2,1H3,(H3,15,16). The Morgan fingerprint density at radius 2 is 1.89 bits per heavy atom. The summed E-state index contributed by atoms with van der Waals surface area (Å²) in [5.41, 5.74) is 6.07. The molecule has 0 aliphatic heterocycles. The number of hydrogen-bond donors (Lipinski definition) is 2. The second-order valence-electron chi connectivity index (χ2n) is 3.88. The molecule has 6 heteroatoms. The Bertz CT molecular complexity index is 413. The van der Waals surface area contributed by atoms with Gasteiger partial charge in [0.15, 0.2) is 0 Å². The van der Waals surface area contributed by atoms with Crippen molar-refractivity contribution in [3.05, 3.63) is 35.1 Å². The quantitative estimate of drug-likeness (QED) is 0.402. The summed E-state index contributed by atoms with van der Waals surface area (Å²) in [7, 11) is 1.60. The maximum Gasteiger partial charge on any atom is 0.129 e. The SMILES string of the molecule is COCCOCCOCc1ccc(C(=N)N)cc1F. The van der Waals surface area contributed by atoms with Crippen molar-refractivity contribution in [2.24, 2.45) is 5.73 Å². The minimum atomic E-state index is -0.423. The molecule has 0 bridgehead atoms. The van der Waals surface area contributed by atoms with E-state index in [1.165, 1.54) is 6.07 Å². The third-order valence-electron chi connectivity index (χ3n) is 2.43. The van der Waals surface area contributed by atoms with Gasteiger partial charge in [-0.15, -0.1) is 0 Å². The number of amidine groups is 1. The number of halogens is 1. The van der Waals surface area contributed by atoms with Crippen molar-refractivity contribution in [3.8, 4) is 0 Å². The van der Waals surface area contributed by atoms with E-state index in [1.807, 2.05) is 0 Å². The molecule has 0 atom stereocenters. The van der Waals surface area contributed by atoms with E-state index in [1.54, 1.807) is 19.2 Å². The molecule has 3 N–H and O–H groups in total. The number of nitrogens with one attached hydrogen (secondary N) is 1. The monoisotopic (exact) mass is 270 g/mol. The van der Waals surface area contributed by atoms with Crippen LogP contribution in [0.1, 0.15) is 11.1 Å². The first-order chi connectivity index (χ1) is 9.15.